The number of ketones is 1. The van der Waals surface area contributed by atoms with E-state index in [4.69, 9.17) is 18.5 Å². The lowest BCUT2D eigenvalue weighted by Crippen LogP contribution is -2.36. The van der Waals surface area contributed by atoms with Gasteiger partial charge in [0.1, 0.15) is 12.4 Å². The molecule has 0 aliphatic carbocycles. The summed E-state index contributed by atoms with van der Waals surface area (Å²) in [6, 6.07) is 0.313. The van der Waals surface area contributed by atoms with E-state index in [1.807, 2.05) is 11.8 Å². The fraction of sp³-hybridized carbons (Fsp3) is 0.907. The van der Waals surface area contributed by atoms with Gasteiger partial charge in [-0.15, -0.1) is 0 Å². The molecule has 0 aromatic carbocycles. The average Bonchev–Trinajstić information content (AvgIpc) is 3.90. The number of ether oxygens (including phenoxy) is 2. The summed E-state index contributed by atoms with van der Waals surface area (Å²) >= 11 is 1.88. The molecule has 70 heavy (non-hydrogen) atoms. The van der Waals surface area contributed by atoms with Crippen LogP contribution < -0.4 is 20.8 Å². The fourth-order valence-corrected chi connectivity index (χ4v) is 11.5. The van der Waals surface area contributed by atoms with Crippen LogP contribution in [0.25, 0.3) is 0 Å². The zero-order valence-electron chi connectivity index (χ0n) is 44.1. The molecule has 3 N–H and O–H groups in total. The Labute approximate surface area is 428 Å². The summed E-state index contributed by atoms with van der Waals surface area (Å²) in [6.07, 6.45) is 36.4. The first-order valence-electron chi connectivity index (χ1n) is 28.4. The van der Waals surface area contributed by atoms with E-state index in [9.17, 15) is 33.4 Å². The summed E-state index contributed by atoms with van der Waals surface area (Å²) in [7, 11) is -4.80. The number of fused-ring (bicyclic) bond motifs is 1. The first-order chi connectivity index (χ1) is 34.0. The van der Waals surface area contributed by atoms with Gasteiger partial charge in [-0.3, -0.25) is 23.7 Å². The molecule has 2 saturated heterocycles. The van der Waals surface area contributed by atoms with E-state index < -0.39 is 32.5 Å². The minimum absolute atomic E-state index is 0.00470. The van der Waals surface area contributed by atoms with Crippen molar-refractivity contribution in [3.63, 3.8) is 0 Å². The number of urea groups is 1. The summed E-state index contributed by atoms with van der Waals surface area (Å²) in [6.45, 7) is 3.95. The van der Waals surface area contributed by atoms with Crippen LogP contribution in [0.4, 0.5) is 4.79 Å². The van der Waals surface area contributed by atoms with E-state index in [1.54, 1.807) is 0 Å². The van der Waals surface area contributed by atoms with Gasteiger partial charge in [-0.05, 0) is 44.9 Å². The highest BCUT2D eigenvalue weighted by Gasteiger charge is 2.42. The Morgan fingerprint density at radius 2 is 1.09 bits per heavy atom. The Bertz CT molecular complexity index is 1430. The molecule has 2 aliphatic rings. The number of hydrogen-bond donors (Lipinski definition) is 3. The van der Waals surface area contributed by atoms with Crippen molar-refractivity contribution < 1.29 is 52.0 Å². The molecule has 408 valence electrons. The lowest BCUT2D eigenvalue weighted by atomic mass is 10.0. The quantitative estimate of drug-likeness (QED) is 0.0226. The number of nitrogens with one attached hydrogen (secondary N) is 3. The van der Waals surface area contributed by atoms with Crippen LogP contribution in [0.5, 0.6) is 0 Å². The lowest BCUT2D eigenvalue weighted by Gasteiger charge is -2.25. The van der Waals surface area contributed by atoms with Crippen molar-refractivity contribution in [1.29, 1.82) is 0 Å². The van der Waals surface area contributed by atoms with E-state index in [0.717, 1.165) is 76.4 Å². The van der Waals surface area contributed by atoms with Gasteiger partial charge in [0.2, 0.25) is 5.91 Å². The van der Waals surface area contributed by atoms with Crippen LogP contribution in [0.15, 0.2) is 0 Å². The number of esters is 2. The van der Waals surface area contributed by atoms with Crippen molar-refractivity contribution >= 4 is 49.2 Å². The third-order valence-corrected chi connectivity index (χ3v) is 16.0. The normalized spacial score (nSPS) is 17.6. The molecule has 5 atom stereocenters. The number of carbonyl (C=O) groups is 5. The summed E-state index contributed by atoms with van der Waals surface area (Å²) in [5.74, 6) is 0.0469. The fourth-order valence-electron chi connectivity index (χ4n) is 9.19. The predicted octanol–water partition coefficient (Wildman–Crippen LogP) is 12.7. The van der Waals surface area contributed by atoms with Gasteiger partial charge in [0, 0.05) is 49.7 Å². The number of phosphoric ester groups is 1. The average molecular weight is 1030 g/mol. The summed E-state index contributed by atoms with van der Waals surface area (Å²) in [5, 5.41) is 9.30. The maximum absolute atomic E-state index is 12.8. The Balaban J connectivity index is 1.59. The number of thioether (sulfide) groups is 1. The summed E-state index contributed by atoms with van der Waals surface area (Å²) in [4.78, 5) is 74.4. The zero-order chi connectivity index (χ0) is 50.8. The number of carbonyl (C=O) groups excluding carboxylic acids is 5. The number of unbranched alkanes of at least 4 members (excludes halogenated alkanes) is 27. The predicted molar refractivity (Wildman–Crippen MR) is 281 cm³/mol. The number of Topliss-reactive ketones (excluding diaryl/α,β-unsaturated/α-hetero) is 1. The zero-order valence-corrected chi connectivity index (χ0v) is 45.8. The molecule has 3 amide bonds. The Kier molecular flexibility index (Phi) is 39.5. The second-order valence-corrected chi connectivity index (χ2v) is 22.7. The Morgan fingerprint density at radius 3 is 1.66 bits per heavy atom. The van der Waals surface area contributed by atoms with Gasteiger partial charge >= 0.3 is 18.0 Å². The SMILES string of the molecule is CCCCCCCCCCCCCCCC(=O)OCC(COP(=O)([O-])OCCCC(=O)CCCCCNC(=O)CCCCC1SC[C@@H]2NC(=O)N[C@H]12)OC(=O)CCCCCCCCCCCCCCC. The number of amides is 3. The molecule has 16 heteroatoms. The van der Waals surface area contributed by atoms with Crippen molar-refractivity contribution in [1.82, 2.24) is 16.0 Å². The molecule has 14 nitrogen and oxygen atoms in total. The van der Waals surface area contributed by atoms with Gasteiger partial charge in [0.05, 0.1) is 25.3 Å². The van der Waals surface area contributed by atoms with Gasteiger partial charge in [-0.25, -0.2) is 4.79 Å². The smallest absolute Gasteiger partial charge is 0.315 e. The number of hydrogen-bond acceptors (Lipinski definition) is 12. The first kappa shape index (κ1) is 63.9. The molecule has 0 spiro atoms. The third-order valence-electron chi connectivity index (χ3n) is 13.5. The van der Waals surface area contributed by atoms with Crippen molar-refractivity contribution in [2.45, 2.75) is 281 Å². The van der Waals surface area contributed by atoms with Gasteiger partial charge < -0.3 is 39.4 Å². The molecular formula is C54H99N3O11PS-. The van der Waals surface area contributed by atoms with E-state index >= 15 is 0 Å². The van der Waals surface area contributed by atoms with Crippen molar-refractivity contribution in [2.75, 3.05) is 32.1 Å². The first-order valence-corrected chi connectivity index (χ1v) is 31.0. The molecular weight excluding hydrogens is 930 g/mol. The minimum atomic E-state index is -4.80. The number of phosphoric acid groups is 1. The van der Waals surface area contributed by atoms with E-state index in [2.05, 4.69) is 29.8 Å². The standard InChI is InChI=1S/C54H100N3O11PS/c1-3-5-7-9-11-13-15-17-19-21-23-25-29-39-51(60)65-43-47(68-52(61)40-30-26-24-22-20-18-16-14-12-10-8-6-4-2)44-67-69(63,64)66-42-34-36-46(58)35-28-27-33-41-55-50(59)38-32-31-37-49-53-48(45-70-49)56-54(62)57-53/h47-49,53H,3-45H2,1-2H3,(H,55,59)(H,63,64)(H2,56,57,62)/p-1/t47?,48-,49?,53-/m0/s1. The second-order valence-electron chi connectivity index (χ2n) is 20.0. The molecule has 3 unspecified atom stereocenters. The van der Waals surface area contributed by atoms with Crippen LogP contribution in [0.3, 0.4) is 0 Å². The summed E-state index contributed by atoms with van der Waals surface area (Å²) in [5.41, 5.74) is 0. The lowest BCUT2D eigenvalue weighted by molar-refractivity contribution is -0.228. The van der Waals surface area contributed by atoms with Gasteiger partial charge in [-0.2, -0.15) is 11.8 Å². The molecule has 0 radical (unpaired) electrons. The van der Waals surface area contributed by atoms with Crippen LogP contribution in [-0.4, -0.2) is 85.2 Å². The molecule has 2 aliphatic heterocycles. The third kappa shape index (κ3) is 35.8. The molecule has 0 saturated carbocycles. The topological polar surface area (TPSA) is 198 Å². The Morgan fingerprint density at radius 1 is 0.600 bits per heavy atom. The molecule has 2 fully saturated rings. The second kappa shape index (κ2) is 43.2. The highest BCUT2D eigenvalue weighted by molar-refractivity contribution is 8.00. The molecule has 2 heterocycles. The van der Waals surface area contributed by atoms with Gasteiger partial charge in [0.25, 0.3) is 7.82 Å². The molecule has 0 aromatic heterocycles. The highest BCUT2D eigenvalue weighted by atomic mass is 32.2. The highest BCUT2D eigenvalue weighted by Crippen LogP contribution is 2.39. The van der Waals surface area contributed by atoms with Crippen molar-refractivity contribution in [3.05, 3.63) is 0 Å². The number of rotatable bonds is 50. The van der Waals surface area contributed by atoms with Crippen LogP contribution in [0, 0.1) is 0 Å². The Hall–Kier alpha value is -2.19. The van der Waals surface area contributed by atoms with Gasteiger partial charge in [-0.1, -0.05) is 181 Å². The molecule has 2 rings (SSSR count). The van der Waals surface area contributed by atoms with Crippen molar-refractivity contribution in [2.24, 2.45) is 0 Å². The minimum Gasteiger partial charge on any atom is -0.756 e. The molecule has 0 aromatic rings. The maximum Gasteiger partial charge on any atom is 0.315 e. The van der Waals surface area contributed by atoms with Crippen LogP contribution >= 0.6 is 19.6 Å². The largest absolute Gasteiger partial charge is 0.756 e. The van der Waals surface area contributed by atoms with E-state index in [1.165, 1.54) is 116 Å². The van der Waals surface area contributed by atoms with E-state index in [-0.39, 0.29) is 68.7 Å². The van der Waals surface area contributed by atoms with Crippen LogP contribution in [-0.2, 0) is 42.3 Å². The van der Waals surface area contributed by atoms with Crippen LogP contribution in [0.2, 0.25) is 0 Å². The van der Waals surface area contributed by atoms with Gasteiger partial charge in [0.15, 0.2) is 6.10 Å². The monoisotopic (exact) mass is 1030 g/mol. The molecule has 0 bridgehead atoms. The van der Waals surface area contributed by atoms with Crippen LogP contribution in [0.1, 0.15) is 258 Å². The van der Waals surface area contributed by atoms with Crippen molar-refractivity contribution in [3.8, 4) is 0 Å². The summed E-state index contributed by atoms with van der Waals surface area (Å²) < 4.78 is 33.8. The van der Waals surface area contributed by atoms with E-state index in [0.29, 0.717) is 43.9 Å². The maximum atomic E-state index is 12.8.